The summed E-state index contributed by atoms with van der Waals surface area (Å²) in [5.74, 6) is -0.876. The van der Waals surface area contributed by atoms with Crippen molar-refractivity contribution in [3.8, 4) is 0 Å². The van der Waals surface area contributed by atoms with Crippen molar-refractivity contribution in [2.24, 2.45) is 0 Å². The molecule has 1 atom stereocenters. The Morgan fingerprint density at radius 1 is 0.318 bits per heavy atom. The molecule has 0 saturated carbocycles. The van der Waals surface area contributed by atoms with Crippen LogP contribution in [0.1, 0.15) is 297 Å². The average molecular weight is 926 g/mol. The summed E-state index contributed by atoms with van der Waals surface area (Å²) < 4.78 is 16.8. The first-order valence-corrected chi connectivity index (χ1v) is 28.6. The van der Waals surface area contributed by atoms with Crippen molar-refractivity contribution in [2.45, 2.75) is 303 Å². The predicted molar refractivity (Wildman–Crippen MR) is 284 cm³/mol. The number of hydrogen-bond acceptors (Lipinski definition) is 6. The van der Waals surface area contributed by atoms with Crippen LogP contribution in [0, 0.1) is 0 Å². The fourth-order valence-electron chi connectivity index (χ4n) is 8.28. The number of ether oxygens (including phenoxy) is 3. The molecule has 0 fully saturated rings. The van der Waals surface area contributed by atoms with Gasteiger partial charge in [-0.3, -0.25) is 14.4 Å². The van der Waals surface area contributed by atoms with Gasteiger partial charge in [-0.25, -0.2) is 0 Å². The predicted octanol–water partition coefficient (Wildman–Crippen LogP) is 19.0. The highest BCUT2D eigenvalue weighted by atomic mass is 16.6. The molecule has 0 heterocycles. The monoisotopic (exact) mass is 925 g/mol. The Balaban J connectivity index is 4.28. The molecule has 0 saturated heterocycles. The van der Waals surface area contributed by atoms with Crippen molar-refractivity contribution >= 4 is 17.9 Å². The maximum atomic E-state index is 12.8. The molecule has 0 spiro atoms. The molecule has 0 aliphatic heterocycles. The van der Waals surface area contributed by atoms with Crippen LogP contribution in [0.3, 0.4) is 0 Å². The van der Waals surface area contributed by atoms with Crippen LogP contribution in [0.4, 0.5) is 0 Å². The van der Waals surface area contributed by atoms with Gasteiger partial charge in [0, 0.05) is 19.3 Å². The van der Waals surface area contributed by atoms with Gasteiger partial charge in [-0.15, -0.1) is 0 Å². The van der Waals surface area contributed by atoms with Gasteiger partial charge in [0.05, 0.1) is 0 Å². The van der Waals surface area contributed by atoms with E-state index in [2.05, 4.69) is 69.4 Å². The summed E-state index contributed by atoms with van der Waals surface area (Å²) in [6, 6.07) is 0. The third kappa shape index (κ3) is 52.3. The van der Waals surface area contributed by atoms with Gasteiger partial charge in [-0.1, -0.05) is 249 Å². The highest BCUT2D eigenvalue weighted by molar-refractivity contribution is 5.71. The molecule has 0 amide bonds. The number of allylic oxidation sites excluding steroid dienone is 8. The molecule has 0 radical (unpaired) electrons. The Bertz CT molecular complexity index is 1150. The maximum absolute atomic E-state index is 12.8. The molecule has 384 valence electrons. The highest BCUT2D eigenvalue weighted by Crippen LogP contribution is 2.16. The molecule has 0 aliphatic rings. The minimum Gasteiger partial charge on any atom is -0.462 e. The van der Waals surface area contributed by atoms with E-state index < -0.39 is 6.10 Å². The minimum atomic E-state index is -0.776. The lowest BCUT2D eigenvalue weighted by atomic mass is 10.1. The van der Waals surface area contributed by atoms with E-state index in [0.29, 0.717) is 19.3 Å². The number of rotatable bonds is 52. The fraction of sp³-hybridized carbons (Fsp3) is 0.817. The first kappa shape index (κ1) is 63.4. The summed E-state index contributed by atoms with van der Waals surface area (Å²) in [6.07, 6.45) is 66.8. The van der Waals surface area contributed by atoms with E-state index in [1.165, 1.54) is 173 Å². The minimum absolute atomic E-state index is 0.0752. The Labute approximate surface area is 409 Å². The maximum Gasteiger partial charge on any atom is 0.306 e. The average Bonchev–Trinajstić information content (AvgIpc) is 3.31. The summed E-state index contributed by atoms with van der Waals surface area (Å²) >= 11 is 0. The summed E-state index contributed by atoms with van der Waals surface area (Å²) in [5, 5.41) is 0. The molecule has 0 rings (SSSR count). The van der Waals surface area contributed by atoms with E-state index in [4.69, 9.17) is 14.2 Å². The van der Waals surface area contributed by atoms with Crippen LogP contribution in [-0.4, -0.2) is 37.2 Å². The Kier molecular flexibility index (Phi) is 52.8. The van der Waals surface area contributed by atoms with Crippen LogP contribution in [0.2, 0.25) is 0 Å². The SMILES string of the molecule is CC/C=C\C/C=C\C/C=C\CCCCCCCCCC(=O)OC(COC(=O)CCCCCCCCCCCC)COC(=O)CCCCCCCCCCC/C=C\CCCCCCCCCC. The Hall–Kier alpha value is -2.63. The molecule has 0 bridgehead atoms. The van der Waals surface area contributed by atoms with Gasteiger partial charge in [0.1, 0.15) is 13.2 Å². The number of unbranched alkanes of at least 4 members (excludes halogenated alkanes) is 33. The zero-order chi connectivity index (χ0) is 47.9. The van der Waals surface area contributed by atoms with E-state index in [1.807, 2.05) is 0 Å². The molecule has 66 heavy (non-hydrogen) atoms. The summed E-state index contributed by atoms with van der Waals surface area (Å²) in [5.41, 5.74) is 0. The zero-order valence-corrected chi connectivity index (χ0v) is 44.0. The lowest BCUT2D eigenvalue weighted by molar-refractivity contribution is -0.167. The van der Waals surface area contributed by atoms with Crippen molar-refractivity contribution in [3.05, 3.63) is 48.6 Å². The summed E-state index contributed by atoms with van der Waals surface area (Å²) in [4.78, 5) is 38.1. The lowest BCUT2D eigenvalue weighted by Gasteiger charge is -2.18. The molecule has 6 nitrogen and oxygen atoms in total. The van der Waals surface area contributed by atoms with Gasteiger partial charge in [0.2, 0.25) is 0 Å². The van der Waals surface area contributed by atoms with E-state index in [1.54, 1.807) is 0 Å². The summed E-state index contributed by atoms with van der Waals surface area (Å²) in [6.45, 7) is 6.54. The number of esters is 3. The van der Waals surface area contributed by atoms with Crippen molar-refractivity contribution in [2.75, 3.05) is 13.2 Å². The van der Waals surface area contributed by atoms with Crippen LogP contribution < -0.4 is 0 Å². The van der Waals surface area contributed by atoms with E-state index in [9.17, 15) is 14.4 Å². The highest BCUT2D eigenvalue weighted by Gasteiger charge is 2.19. The topological polar surface area (TPSA) is 78.9 Å². The largest absolute Gasteiger partial charge is 0.462 e. The molecule has 6 heteroatoms. The van der Waals surface area contributed by atoms with E-state index >= 15 is 0 Å². The van der Waals surface area contributed by atoms with Gasteiger partial charge in [-0.2, -0.15) is 0 Å². The number of carbonyl (C=O) groups excluding carboxylic acids is 3. The van der Waals surface area contributed by atoms with Crippen molar-refractivity contribution in [1.29, 1.82) is 0 Å². The third-order valence-electron chi connectivity index (χ3n) is 12.6. The lowest BCUT2D eigenvalue weighted by Crippen LogP contribution is -2.30. The molecule has 1 unspecified atom stereocenters. The fourth-order valence-corrected chi connectivity index (χ4v) is 8.28. The second-order valence-electron chi connectivity index (χ2n) is 19.2. The van der Waals surface area contributed by atoms with Crippen LogP contribution in [-0.2, 0) is 28.6 Å². The first-order valence-electron chi connectivity index (χ1n) is 28.6. The van der Waals surface area contributed by atoms with Crippen molar-refractivity contribution in [3.63, 3.8) is 0 Å². The third-order valence-corrected chi connectivity index (χ3v) is 12.6. The molecular weight excluding hydrogens is 817 g/mol. The standard InChI is InChI=1S/C60H108O6/c1-4-7-10-13-16-19-22-24-26-28-29-30-31-33-34-36-38-41-44-47-50-53-59(62)65-56-57(55-64-58(61)52-49-46-43-40-21-18-15-12-9-6-3)66-60(63)54-51-48-45-42-39-37-35-32-27-25-23-20-17-14-11-8-5-2/h8,11,17,20,25,27-29,57H,4-7,9-10,12-16,18-19,21-24,26,30-56H2,1-3H3/b11-8-,20-17-,27-25-,29-28-. The molecule has 0 N–H and O–H groups in total. The van der Waals surface area contributed by atoms with Gasteiger partial charge < -0.3 is 14.2 Å². The second-order valence-corrected chi connectivity index (χ2v) is 19.2. The quantitative estimate of drug-likeness (QED) is 0.0262. The van der Waals surface area contributed by atoms with Crippen LogP contribution in [0.25, 0.3) is 0 Å². The van der Waals surface area contributed by atoms with Gasteiger partial charge >= 0.3 is 17.9 Å². The zero-order valence-electron chi connectivity index (χ0n) is 44.0. The van der Waals surface area contributed by atoms with Gasteiger partial charge in [-0.05, 0) is 77.0 Å². The van der Waals surface area contributed by atoms with Gasteiger partial charge in [0.15, 0.2) is 6.10 Å². The molecule has 0 aromatic rings. The number of hydrogen-bond donors (Lipinski definition) is 0. The molecule has 0 aliphatic carbocycles. The van der Waals surface area contributed by atoms with Gasteiger partial charge in [0.25, 0.3) is 0 Å². The van der Waals surface area contributed by atoms with Crippen LogP contribution in [0.5, 0.6) is 0 Å². The van der Waals surface area contributed by atoms with Crippen molar-refractivity contribution in [1.82, 2.24) is 0 Å². The molecule has 0 aromatic heterocycles. The number of carbonyl (C=O) groups is 3. The normalized spacial score (nSPS) is 12.3. The van der Waals surface area contributed by atoms with E-state index in [0.717, 1.165) is 83.5 Å². The van der Waals surface area contributed by atoms with Crippen molar-refractivity contribution < 1.29 is 28.6 Å². The Morgan fingerprint density at radius 2 is 0.591 bits per heavy atom. The smallest absolute Gasteiger partial charge is 0.306 e. The second kappa shape index (κ2) is 55.0. The molecule has 0 aromatic carbocycles. The van der Waals surface area contributed by atoms with E-state index in [-0.39, 0.29) is 31.1 Å². The molecular formula is C60H108O6. The first-order chi connectivity index (χ1) is 32.5. The Morgan fingerprint density at radius 3 is 0.939 bits per heavy atom. The van der Waals surface area contributed by atoms with Crippen LogP contribution in [0.15, 0.2) is 48.6 Å². The summed E-state index contributed by atoms with van der Waals surface area (Å²) in [7, 11) is 0. The van der Waals surface area contributed by atoms with Crippen LogP contribution >= 0.6 is 0 Å².